The number of hydrogen-bond donors (Lipinski definition) is 1. The minimum atomic E-state index is 1.04. The van der Waals surface area contributed by atoms with Crippen LogP contribution in [0.3, 0.4) is 0 Å². The lowest BCUT2D eigenvalue weighted by molar-refractivity contribution is 0.405. The van der Waals surface area contributed by atoms with Crippen LogP contribution in [0.25, 0.3) is 0 Å². The van der Waals surface area contributed by atoms with Gasteiger partial charge in [0.15, 0.2) is 0 Å². The van der Waals surface area contributed by atoms with Crippen molar-refractivity contribution >= 4 is 5.69 Å². The minimum Gasteiger partial charge on any atom is -0.385 e. The van der Waals surface area contributed by atoms with Crippen LogP contribution in [0.4, 0.5) is 5.69 Å². The standard InChI is InChI=1S/C13H22N2/c1-11-7-5-8-13(12(11)2)14-9-6-10-15(3)4/h5,7-8,14H,6,9-10H2,1-4H3. The van der Waals surface area contributed by atoms with Crippen molar-refractivity contribution in [3.8, 4) is 0 Å². The van der Waals surface area contributed by atoms with E-state index in [1.807, 2.05) is 0 Å². The summed E-state index contributed by atoms with van der Waals surface area (Å²) in [5.74, 6) is 0. The maximum atomic E-state index is 3.48. The van der Waals surface area contributed by atoms with Crippen LogP contribution >= 0.6 is 0 Å². The highest BCUT2D eigenvalue weighted by atomic mass is 15.1. The highest BCUT2D eigenvalue weighted by Crippen LogP contribution is 2.17. The lowest BCUT2D eigenvalue weighted by Crippen LogP contribution is -2.16. The largest absolute Gasteiger partial charge is 0.385 e. The smallest absolute Gasteiger partial charge is 0.0372 e. The van der Waals surface area contributed by atoms with Crippen molar-refractivity contribution in [2.75, 3.05) is 32.5 Å². The van der Waals surface area contributed by atoms with Gasteiger partial charge in [-0.3, -0.25) is 0 Å². The van der Waals surface area contributed by atoms with E-state index in [2.05, 4.69) is 56.4 Å². The maximum absolute atomic E-state index is 3.48. The Morgan fingerprint density at radius 3 is 2.60 bits per heavy atom. The second kappa shape index (κ2) is 5.76. The van der Waals surface area contributed by atoms with Gasteiger partial charge < -0.3 is 10.2 Å². The summed E-state index contributed by atoms with van der Waals surface area (Å²) in [6, 6.07) is 6.41. The van der Waals surface area contributed by atoms with Gasteiger partial charge in [0.2, 0.25) is 0 Å². The molecule has 84 valence electrons. The molecule has 0 heterocycles. The van der Waals surface area contributed by atoms with Crippen molar-refractivity contribution in [3.05, 3.63) is 29.3 Å². The first-order valence-corrected chi connectivity index (χ1v) is 5.56. The third-order valence-corrected chi connectivity index (χ3v) is 2.70. The molecule has 0 radical (unpaired) electrons. The van der Waals surface area contributed by atoms with E-state index >= 15 is 0 Å². The summed E-state index contributed by atoms with van der Waals surface area (Å²) in [4.78, 5) is 2.21. The summed E-state index contributed by atoms with van der Waals surface area (Å²) in [7, 11) is 4.22. The second-order valence-electron chi connectivity index (χ2n) is 4.33. The molecule has 0 aromatic heterocycles. The average molecular weight is 206 g/mol. The fourth-order valence-electron chi connectivity index (χ4n) is 1.56. The lowest BCUT2D eigenvalue weighted by atomic mass is 10.1. The van der Waals surface area contributed by atoms with Crippen molar-refractivity contribution in [3.63, 3.8) is 0 Å². The van der Waals surface area contributed by atoms with Crippen molar-refractivity contribution < 1.29 is 0 Å². The fourth-order valence-corrected chi connectivity index (χ4v) is 1.56. The molecule has 2 heteroatoms. The second-order valence-corrected chi connectivity index (χ2v) is 4.33. The van der Waals surface area contributed by atoms with Gasteiger partial charge in [-0.2, -0.15) is 0 Å². The monoisotopic (exact) mass is 206 g/mol. The number of aryl methyl sites for hydroxylation is 1. The van der Waals surface area contributed by atoms with Crippen LogP contribution in [0.5, 0.6) is 0 Å². The van der Waals surface area contributed by atoms with E-state index in [9.17, 15) is 0 Å². The molecule has 0 saturated carbocycles. The quantitative estimate of drug-likeness (QED) is 0.745. The van der Waals surface area contributed by atoms with E-state index in [4.69, 9.17) is 0 Å². The first-order chi connectivity index (χ1) is 7.11. The van der Waals surface area contributed by atoms with E-state index in [1.165, 1.54) is 23.2 Å². The molecular formula is C13H22N2. The minimum absolute atomic E-state index is 1.04. The number of hydrogen-bond acceptors (Lipinski definition) is 2. The molecule has 1 rings (SSSR count). The number of rotatable bonds is 5. The van der Waals surface area contributed by atoms with Crippen LogP contribution < -0.4 is 5.32 Å². The van der Waals surface area contributed by atoms with Crippen molar-refractivity contribution in [1.82, 2.24) is 4.90 Å². The number of anilines is 1. The molecular weight excluding hydrogens is 184 g/mol. The summed E-state index contributed by atoms with van der Waals surface area (Å²) in [5.41, 5.74) is 3.99. The Balaban J connectivity index is 2.41. The van der Waals surface area contributed by atoms with Crippen LogP contribution in [0, 0.1) is 13.8 Å². The third-order valence-electron chi connectivity index (χ3n) is 2.70. The predicted molar refractivity (Wildman–Crippen MR) is 67.6 cm³/mol. The van der Waals surface area contributed by atoms with Crippen LogP contribution in [0.1, 0.15) is 17.5 Å². The normalized spacial score (nSPS) is 10.7. The van der Waals surface area contributed by atoms with Crippen LogP contribution in [-0.2, 0) is 0 Å². The van der Waals surface area contributed by atoms with Gasteiger partial charge in [-0.1, -0.05) is 12.1 Å². The van der Waals surface area contributed by atoms with E-state index in [-0.39, 0.29) is 0 Å². The Kier molecular flexibility index (Phi) is 4.63. The summed E-state index contributed by atoms with van der Waals surface area (Å²) < 4.78 is 0. The highest BCUT2D eigenvalue weighted by molar-refractivity contribution is 5.53. The molecule has 0 aliphatic heterocycles. The molecule has 0 bridgehead atoms. The van der Waals surface area contributed by atoms with Gasteiger partial charge in [-0.25, -0.2) is 0 Å². The van der Waals surface area contributed by atoms with Gasteiger partial charge >= 0.3 is 0 Å². The summed E-state index contributed by atoms with van der Waals surface area (Å²) >= 11 is 0. The molecule has 0 aliphatic rings. The summed E-state index contributed by atoms with van der Waals surface area (Å²) in [6.45, 7) is 6.50. The number of nitrogens with one attached hydrogen (secondary N) is 1. The van der Waals surface area contributed by atoms with Gasteiger partial charge in [0.1, 0.15) is 0 Å². The highest BCUT2D eigenvalue weighted by Gasteiger charge is 1.99. The van der Waals surface area contributed by atoms with Crippen molar-refractivity contribution in [2.24, 2.45) is 0 Å². The van der Waals surface area contributed by atoms with Crippen LogP contribution in [0.2, 0.25) is 0 Å². The SMILES string of the molecule is Cc1cccc(NCCCN(C)C)c1C. The van der Waals surface area contributed by atoms with Crippen molar-refractivity contribution in [1.29, 1.82) is 0 Å². The number of nitrogens with zero attached hydrogens (tertiary/aromatic N) is 1. The molecule has 0 saturated heterocycles. The fraction of sp³-hybridized carbons (Fsp3) is 0.538. The van der Waals surface area contributed by atoms with Crippen LogP contribution in [0.15, 0.2) is 18.2 Å². The van der Waals surface area contributed by atoms with Gasteiger partial charge in [-0.15, -0.1) is 0 Å². The summed E-state index contributed by atoms with van der Waals surface area (Å²) in [6.07, 6.45) is 1.18. The van der Waals surface area contributed by atoms with Gasteiger partial charge in [0, 0.05) is 12.2 Å². The molecule has 0 aliphatic carbocycles. The molecule has 0 unspecified atom stereocenters. The molecule has 15 heavy (non-hydrogen) atoms. The first kappa shape index (κ1) is 12.1. The maximum Gasteiger partial charge on any atom is 0.0372 e. The Labute approximate surface area is 93.3 Å². The van der Waals surface area contributed by atoms with E-state index in [0.717, 1.165) is 13.1 Å². The van der Waals surface area contributed by atoms with E-state index in [0.29, 0.717) is 0 Å². The van der Waals surface area contributed by atoms with Gasteiger partial charge in [0.05, 0.1) is 0 Å². The van der Waals surface area contributed by atoms with E-state index in [1.54, 1.807) is 0 Å². The molecule has 1 N–H and O–H groups in total. The zero-order valence-corrected chi connectivity index (χ0v) is 10.3. The molecule has 0 amide bonds. The Morgan fingerprint density at radius 1 is 1.20 bits per heavy atom. The van der Waals surface area contributed by atoms with E-state index < -0.39 is 0 Å². The third kappa shape index (κ3) is 3.92. The molecule has 0 atom stereocenters. The zero-order chi connectivity index (χ0) is 11.3. The van der Waals surface area contributed by atoms with Crippen LogP contribution in [-0.4, -0.2) is 32.1 Å². The molecule has 0 spiro atoms. The predicted octanol–water partition coefficient (Wildman–Crippen LogP) is 2.67. The average Bonchev–Trinajstić information content (AvgIpc) is 2.18. The molecule has 2 nitrogen and oxygen atoms in total. The number of benzene rings is 1. The summed E-state index contributed by atoms with van der Waals surface area (Å²) in [5, 5.41) is 3.48. The van der Waals surface area contributed by atoms with Gasteiger partial charge in [-0.05, 0) is 58.1 Å². The van der Waals surface area contributed by atoms with Gasteiger partial charge in [0.25, 0.3) is 0 Å². The zero-order valence-electron chi connectivity index (χ0n) is 10.3. The Bertz CT molecular complexity index is 305. The lowest BCUT2D eigenvalue weighted by Gasteiger charge is -2.13. The Morgan fingerprint density at radius 2 is 1.93 bits per heavy atom. The molecule has 1 aromatic rings. The molecule has 1 aromatic carbocycles. The Hall–Kier alpha value is -1.02. The van der Waals surface area contributed by atoms with Crippen molar-refractivity contribution in [2.45, 2.75) is 20.3 Å². The topological polar surface area (TPSA) is 15.3 Å². The molecule has 0 fully saturated rings. The first-order valence-electron chi connectivity index (χ1n) is 5.56.